The van der Waals surface area contributed by atoms with Crippen molar-refractivity contribution in [3.63, 3.8) is 0 Å². The summed E-state index contributed by atoms with van der Waals surface area (Å²) in [5.41, 5.74) is 1.18. The third-order valence-electron chi connectivity index (χ3n) is 1.81. The zero-order valence-electron chi connectivity index (χ0n) is 6.74. The van der Waals surface area contributed by atoms with Gasteiger partial charge in [-0.15, -0.1) is 6.42 Å². The highest BCUT2D eigenvalue weighted by Gasteiger charge is 1.98. The number of benzene rings is 1. The number of fused-ring (bicyclic) bond motifs is 1. The van der Waals surface area contributed by atoms with E-state index in [9.17, 15) is 4.79 Å². The van der Waals surface area contributed by atoms with Crippen LogP contribution in [0.15, 0.2) is 29.3 Å². The van der Waals surface area contributed by atoms with Crippen LogP contribution in [-0.2, 0) is 0 Å². The van der Waals surface area contributed by atoms with E-state index in [0.717, 1.165) is 0 Å². The number of rotatable bonds is 0. The second kappa shape index (κ2) is 2.76. The second-order valence-electron chi connectivity index (χ2n) is 2.61. The highest BCUT2D eigenvalue weighted by atomic mass is 16.1. The lowest BCUT2D eigenvalue weighted by Gasteiger charge is -1.95. The van der Waals surface area contributed by atoms with E-state index in [1.54, 1.807) is 18.2 Å². The van der Waals surface area contributed by atoms with E-state index in [1.165, 1.54) is 6.33 Å². The fraction of sp³-hybridized carbons (Fsp3) is 0. The fourth-order valence-electron chi connectivity index (χ4n) is 1.16. The van der Waals surface area contributed by atoms with Gasteiger partial charge in [0.15, 0.2) is 0 Å². The van der Waals surface area contributed by atoms with Crippen molar-refractivity contribution in [2.45, 2.75) is 0 Å². The predicted molar refractivity (Wildman–Crippen MR) is 50.3 cm³/mol. The Labute approximate surface area is 74.4 Å². The first kappa shape index (κ1) is 7.56. The molecule has 2 rings (SSSR count). The molecule has 0 unspecified atom stereocenters. The number of aromatic amines is 1. The summed E-state index contributed by atoms with van der Waals surface area (Å²) in [5, 5.41) is 0.526. The maximum Gasteiger partial charge on any atom is 0.258 e. The number of nitrogens with one attached hydrogen (secondary N) is 1. The summed E-state index contributed by atoms with van der Waals surface area (Å²) in [4.78, 5) is 17.8. The maximum absolute atomic E-state index is 11.3. The Bertz CT molecular complexity index is 549. The van der Waals surface area contributed by atoms with Crippen LogP contribution in [0.3, 0.4) is 0 Å². The Morgan fingerprint density at radius 2 is 2.31 bits per heavy atom. The summed E-state index contributed by atoms with van der Waals surface area (Å²) < 4.78 is 0. The van der Waals surface area contributed by atoms with Gasteiger partial charge in [-0.25, -0.2) is 4.98 Å². The quantitative estimate of drug-likeness (QED) is 0.597. The minimum absolute atomic E-state index is 0.165. The van der Waals surface area contributed by atoms with Gasteiger partial charge in [-0.3, -0.25) is 4.79 Å². The van der Waals surface area contributed by atoms with E-state index >= 15 is 0 Å². The summed E-state index contributed by atoms with van der Waals surface area (Å²) in [6.07, 6.45) is 6.58. The Morgan fingerprint density at radius 1 is 1.46 bits per heavy atom. The number of hydrogen-bond donors (Lipinski definition) is 1. The van der Waals surface area contributed by atoms with Gasteiger partial charge in [-0.2, -0.15) is 0 Å². The molecule has 1 aromatic carbocycles. The summed E-state index contributed by atoms with van der Waals surface area (Å²) in [6, 6.07) is 5.15. The minimum Gasteiger partial charge on any atom is -0.313 e. The van der Waals surface area contributed by atoms with Gasteiger partial charge in [0.25, 0.3) is 5.56 Å². The molecule has 0 aliphatic rings. The van der Waals surface area contributed by atoms with Crippen LogP contribution in [0.2, 0.25) is 0 Å². The Hall–Kier alpha value is -2.08. The molecule has 0 aliphatic heterocycles. The molecule has 0 aliphatic carbocycles. The van der Waals surface area contributed by atoms with Crippen molar-refractivity contribution < 1.29 is 0 Å². The zero-order chi connectivity index (χ0) is 9.26. The first-order chi connectivity index (χ1) is 6.31. The lowest BCUT2D eigenvalue weighted by atomic mass is 10.1. The van der Waals surface area contributed by atoms with Crippen molar-refractivity contribution >= 4 is 10.9 Å². The van der Waals surface area contributed by atoms with E-state index in [4.69, 9.17) is 6.42 Å². The predicted octanol–water partition coefficient (Wildman–Crippen LogP) is 0.904. The molecule has 3 heteroatoms. The lowest BCUT2D eigenvalue weighted by Crippen LogP contribution is -2.05. The van der Waals surface area contributed by atoms with E-state index in [2.05, 4.69) is 15.9 Å². The molecule has 0 spiro atoms. The van der Waals surface area contributed by atoms with Crippen molar-refractivity contribution in [2.24, 2.45) is 0 Å². The number of hydrogen-bond acceptors (Lipinski definition) is 2. The number of terminal acetylenes is 1. The van der Waals surface area contributed by atoms with E-state index in [-0.39, 0.29) is 5.56 Å². The zero-order valence-corrected chi connectivity index (χ0v) is 6.74. The summed E-state index contributed by atoms with van der Waals surface area (Å²) in [7, 11) is 0. The van der Waals surface area contributed by atoms with Crippen molar-refractivity contribution in [1.82, 2.24) is 9.97 Å². The molecule has 0 saturated heterocycles. The maximum atomic E-state index is 11.3. The molecular weight excluding hydrogens is 164 g/mol. The molecule has 1 N–H and O–H groups in total. The first-order valence-electron chi connectivity index (χ1n) is 3.75. The Kier molecular flexibility index (Phi) is 1.60. The average molecular weight is 170 g/mol. The summed E-state index contributed by atoms with van der Waals surface area (Å²) >= 11 is 0. The van der Waals surface area contributed by atoms with Crippen LogP contribution in [0.1, 0.15) is 5.56 Å². The van der Waals surface area contributed by atoms with Gasteiger partial charge in [0, 0.05) is 5.56 Å². The van der Waals surface area contributed by atoms with Gasteiger partial charge in [0.05, 0.1) is 17.2 Å². The highest BCUT2D eigenvalue weighted by Crippen LogP contribution is 2.07. The summed E-state index contributed by atoms with van der Waals surface area (Å²) in [6.45, 7) is 0. The third-order valence-corrected chi connectivity index (χ3v) is 1.81. The second-order valence-corrected chi connectivity index (χ2v) is 2.61. The van der Waals surface area contributed by atoms with Gasteiger partial charge in [-0.1, -0.05) is 5.92 Å². The lowest BCUT2D eigenvalue weighted by molar-refractivity contribution is 1.17. The molecular formula is C10H6N2O. The van der Waals surface area contributed by atoms with Gasteiger partial charge in [0.2, 0.25) is 0 Å². The fourth-order valence-corrected chi connectivity index (χ4v) is 1.16. The molecule has 2 aromatic rings. The Balaban J connectivity index is 2.92. The Morgan fingerprint density at radius 3 is 3.08 bits per heavy atom. The van der Waals surface area contributed by atoms with Crippen LogP contribution < -0.4 is 5.56 Å². The minimum atomic E-state index is -0.165. The summed E-state index contributed by atoms with van der Waals surface area (Å²) in [5.74, 6) is 2.47. The number of nitrogens with zero attached hydrogens (tertiary/aromatic N) is 1. The van der Waals surface area contributed by atoms with Crippen LogP contribution >= 0.6 is 0 Å². The largest absolute Gasteiger partial charge is 0.313 e. The van der Waals surface area contributed by atoms with E-state index in [1.807, 2.05) is 0 Å². The molecule has 0 saturated carbocycles. The van der Waals surface area contributed by atoms with E-state index < -0.39 is 0 Å². The van der Waals surface area contributed by atoms with Gasteiger partial charge >= 0.3 is 0 Å². The number of H-pyrrole nitrogens is 1. The van der Waals surface area contributed by atoms with Gasteiger partial charge in [0.1, 0.15) is 0 Å². The molecule has 0 bridgehead atoms. The van der Waals surface area contributed by atoms with Gasteiger partial charge in [-0.05, 0) is 18.2 Å². The molecule has 0 fully saturated rings. The van der Waals surface area contributed by atoms with Crippen molar-refractivity contribution in [3.05, 3.63) is 40.4 Å². The van der Waals surface area contributed by atoms with Crippen LogP contribution in [0, 0.1) is 12.3 Å². The number of aromatic nitrogens is 2. The van der Waals surface area contributed by atoms with Crippen LogP contribution in [0.4, 0.5) is 0 Å². The topological polar surface area (TPSA) is 45.8 Å². The molecule has 3 nitrogen and oxygen atoms in total. The van der Waals surface area contributed by atoms with E-state index in [0.29, 0.717) is 16.5 Å². The van der Waals surface area contributed by atoms with Crippen LogP contribution in [-0.4, -0.2) is 9.97 Å². The molecule has 0 amide bonds. The molecule has 0 radical (unpaired) electrons. The molecule has 1 aromatic heterocycles. The van der Waals surface area contributed by atoms with Crippen LogP contribution in [0.25, 0.3) is 10.9 Å². The first-order valence-corrected chi connectivity index (χ1v) is 3.75. The monoisotopic (exact) mass is 170 g/mol. The van der Waals surface area contributed by atoms with Gasteiger partial charge < -0.3 is 4.98 Å². The average Bonchev–Trinajstić information content (AvgIpc) is 2.18. The van der Waals surface area contributed by atoms with Crippen molar-refractivity contribution in [2.75, 3.05) is 0 Å². The standard InChI is InChI=1S/C10H6N2O/c1-2-7-3-4-9-8(5-7)10(13)12-6-11-9/h1,3-6H,(H,11,12,13). The van der Waals surface area contributed by atoms with Crippen LogP contribution in [0.5, 0.6) is 0 Å². The normalized spacial score (nSPS) is 9.77. The smallest absolute Gasteiger partial charge is 0.258 e. The molecule has 62 valence electrons. The SMILES string of the molecule is C#Cc1ccc2nc[nH]c(=O)c2c1. The highest BCUT2D eigenvalue weighted by molar-refractivity contribution is 5.78. The van der Waals surface area contributed by atoms with Crippen molar-refractivity contribution in [1.29, 1.82) is 0 Å². The third kappa shape index (κ3) is 1.18. The van der Waals surface area contributed by atoms with Crippen molar-refractivity contribution in [3.8, 4) is 12.3 Å². The molecule has 0 atom stereocenters. The molecule has 13 heavy (non-hydrogen) atoms. The molecule has 1 heterocycles.